The van der Waals surface area contributed by atoms with E-state index >= 15 is 0 Å². The summed E-state index contributed by atoms with van der Waals surface area (Å²) in [7, 11) is 1.73. The number of aromatic nitrogens is 2. The molecule has 2 saturated carbocycles. The Kier molecular flexibility index (Phi) is 8.23. The van der Waals surface area contributed by atoms with Crippen molar-refractivity contribution in [2.24, 2.45) is 11.8 Å². The molecule has 196 valence electrons. The Morgan fingerprint density at radius 1 is 1.00 bits per heavy atom. The lowest BCUT2D eigenvalue weighted by atomic mass is 9.78. The molecule has 1 heterocycles. The average Bonchev–Trinajstić information content (AvgIpc) is 3.38. The smallest absolute Gasteiger partial charge is 0.230 e. The Balaban J connectivity index is 1.32. The molecule has 1 aromatic heterocycles. The Hall–Kier alpha value is -2.73. The summed E-state index contributed by atoms with van der Waals surface area (Å²) in [6.45, 7) is 4.86. The maximum absolute atomic E-state index is 13.9. The number of ether oxygens (including phenoxy) is 1. The zero-order valence-corrected chi connectivity index (χ0v) is 23.2. The van der Waals surface area contributed by atoms with Crippen LogP contribution in [0, 0.1) is 25.7 Å². The van der Waals surface area contributed by atoms with E-state index in [-0.39, 0.29) is 5.92 Å². The molecule has 0 radical (unpaired) electrons. The van der Waals surface area contributed by atoms with Crippen molar-refractivity contribution in [3.05, 3.63) is 59.4 Å². The molecule has 2 aliphatic carbocycles. The summed E-state index contributed by atoms with van der Waals surface area (Å²) in [5.41, 5.74) is 4.68. The van der Waals surface area contributed by atoms with Crippen LogP contribution < -0.4 is 9.64 Å². The highest BCUT2D eigenvalue weighted by molar-refractivity contribution is 7.09. The van der Waals surface area contributed by atoms with Crippen LogP contribution in [0.5, 0.6) is 5.75 Å². The first kappa shape index (κ1) is 25.9. The van der Waals surface area contributed by atoms with Crippen molar-refractivity contribution in [1.29, 1.82) is 0 Å². The predicted molar refractivity (Wildman–Crippen MR) is 151 cm³/mol. The summed E-state index contributed by atoms with van der Waals surface area (Å²) >= 11 is 1.42. The standard InChI is InChI=1S/C31H39N3O2S/c1-21-18-26(16-17-29(21)36-3)24-14-12-23(13-15-24)20-34(31(35)25-8-5-4-6-9-25)28-11-7-10-27(19-28)30-32-22(2)33-37-30/h7,10-11,16-19,23-25H,4-6,8-9,12-15,20H2,1-3H3. The molecule has 0 aliphatic heterocycles. The van der Waals surface area contributed by atoms with Crippen molar-refractivity contribution in [3.63, 3.8) is 0 Å². The first-order valence-electron chi connectivity index (χ1n) is 13.9. The second-order valence-electron chi connectivity index (χ2n) is 10.9. The summed E-state index contributed by atoms with van der Waals surface area (Å²) < 4.78 is 9.82. The quantitative estimate of drug-likeness (QED) is 0.322. The van der Waals surface area contributed by atoms with Crippen LogP contribution in [0.2, 0.25) is 0 Å². The lowest BCUT2D eigenvalue weighted by Gasteiger charge is -2.35. The van der Waals surface area contributed by atoms with Crippen molar-refractivity contribution in [3.8, 4) is 16.3 Å². The van der Waals surface area contributed by atoms with Crippen LogP contribution in [0.3, 0.4) is 0 Å². The largest absolute Gasteiger partial charge is 0.496 e. The van der Waals surface area contributed by atoms with Crippen molar-refractivity contribution in [1.82, 2.24) is 9.36 Å². The SMILES string of the molecule is COc1ccc(C2CCC(CN(C(=O)C3CCCCC3)c3cccc(-c4nc(C)ns4)c3)CC2)cc1C. The van der Waals surface area contributed by atoms with Gasteiger partial charge in [-0.1, -0.05) is 43.5 Å². The molecule has 37 heavy (non-hydrogen) atoms. The number of hydrogen-bond donors (Lipinski definition) is 0. The average molecular weight is 518 g/mol. The Labute approximate surface area is 225 Å². The number of carbonyl (C=O) groups excluding carboxylic acids is 1. The fourth-order valence-corrected chi connectivity index (χ4v) is 6.87. The van der Waals surface area contributed by atoms with Crippen LogP contribution in [0.25, 0.3) is 10.6 Å². The third-order valence-corrected chi connectivity index (χ3v) is 9.19. The van der Waals surface area contributed by atoms with Gasteiger partial charge in [0.25, 0.3) is 0 Å². The lowest BCUT2D eigenvalue weighted by molar-refractivity contribution is -0.123. The Morgan fingerprint density at radius 3 is 2.46 bits per heavy atom. The highest BCUT2D eigenvalue weighted by Crippen LogP contribution is 2.39. The maximum atomic E-state index is 13.9. The molecule has 5 rings (SSSR count). The fourth-order valence-electron chi connectivity index (χ4n) is 6.21. The lowest BCUT2D eigenvalue weighted by Crippen LogP contribution is -2.41. The van der Waals surface area contributed by atoms with Gasteiger partial charge in [-0.3, -0.25) is 4.79 Å². The molecule has 5 nitrogen and oxygen atoms in total. The predicted octanol–water partition coefficient (Wildman–Crippen LogP) is 7.72. The second-order valence-corrected chi connectivity index (χ2v) is 11.7. The molecule has 3 aromatic rings. The summed E-state index contributed by atoms with van der Waals surface area (Å²) in [5.74, 6) is 3.34. The number of methoxy groups -OCH3 is 1. The summed E-state index contributed by atoms with van der Waals surface area (Å²) in [6, 6.07) is 15.0. The van der Waals surface area contributed by atoms with E-state index in [0.717, 1.165) is 60.1 Å². The van der Waals surface area contributed by atoms with E-state index < -0.39 is 0 Å². The summed E-state index contributed by atoms with van der Waals surface area (Å²) in [6.07, 6.45) is 10.3. The molecular weight excluding hydrogens is 478 g/mol. The number of hydrogen-bond acceptors (Lipinski definition) is 5. The summed E-state index contributed by atoms with van der Waals surface area (Å²) in [5, 5.41) is 0.916. The van der Waals surface area contributed by atoms with Gasteiger partial charge in [0.05, 0.1) is 7.11 Å². The van der Waals surface area contributed by atoms with E-state index in [9.17, 15) is 4.79 Å². The number of rotatable bonds is 7. The zero-order chi connectivity index (χ0) is 25.8. The molecule has 0 unspecified atom stereocenters. The van der Waals surface area contributed by atoms with Crippen LogP contribution in [-0.2, 0) is 4.79 Å². The highest BCUT2D eigenvalue weighted by atomic mass is 32.1. The van der Waals surface area contributed by atoms with Crippen LogP contribution in [-0.4, -0.2) is 28.9 Å². The number of benzene rings is 2. The van der Waals surface area contributed by atoms with Crippen molar-refractivity contribution >= 4 is 23.1 Å². The van der Waals surface area contributed by atoms with E-state index in [4.69, 9.17) is 4.74 Å². The van der Waals surface area contributed by atoms with E-state index in [1.165, 1.54) is 54.8 Å². The van der Waals surface area contributed by atoms with Crippen molar-refractivity contribution in [2.75, 3.05) is 18.6 Å². The minimum Gasteiger partial charge on any atom is -0.496 e. The van der Waals surface area contributed by atoms with Crippen LogP contribution >= 0.6 is 11.5 Å². The molecule has 0 spiro atoms. The zero-order valence-electron chi connectivity index (χ0n) is 22.4. The molecule has 6 heteroatoms. The monoisotopic (exact) mass is 517 g/mol. The Bertz CT molecular complexity index is 1210. The van der Waals surface area contributed by atoms with Crippen LogP contribution in [0.1, 0.15) is 80.7 Å². The maximum Gasteiger partial charge on any atom is 0.230 e. The van der Waals surface area contributed by atoms with Gasteiger partial charge in [0.2, 0.25) is 5.91 Å². The molecule has 2 fully saturated rings. The van der Waals surface area contributed by atoms with Gasteiger partial charge in [-0.15, -0.1) is 0 Å². The van der Waals surface area contributed by atoms with Gasteiger partial charge in [-0.25, -0.2) is 4.98 Å². The third-order valence-electron chi connectivity index (χ3n) is 8.33. The second kappa shape index (κ2) is 11.8. The fraction of sp³-hybridized carbons (Fsp3) is 0.516. The van der Waals surface area contributed by atoms with E-state index in [1.54, 1.807) is 7.11 Å². The van der Waals surface area contributed by atoms with Gasteiger partial charge in [0.15, 0.2) is 0 Å². The molecule has 1 amide bonds. The highest BCUT2D eigenvalue weighted by Gasteiger charge is 2.31. The minimum absolute atomic E-state index is 0.153. The number of anilines is 1. The molecule has 2 aliphatic rings. The van der Waals surface area contributed by atoms with E-state index in [1.807, 2.05) is 6.92 Å². The van der Waals surface area contributed by atoms with E-state index in [2.05, 4.69) is 63.6 Å². The number of amides is 1. The minimum atomic E-state index is 0.153. The summed E-state index contributed by atoms with van der Waals surface area (Å²) in [4.78, 5) is 20.6. The van der Waals surface area contributed by atoms with Gasteiger partial charge in [0.1, 0.15) is 16.6 Å². The topological polar surface area (TPSA) is 55.3 Å². The molecule has 2 aromatic carbocycles. The molecule has 0 saturated heterocycles. The van der Waals surface area contributed by atoms with Crippen molar-refractivity contribution < 1.29 is 9.53 Å². The number of nitrogens with zero attached hydrogens (tertiary/aromatic N) is 3. The number of carbonyl (C=O) groups is 1. The van der Waals surface area contributed by atoms with Gasteiger partial charge < -0.3 is 9.64 Å². The van der Waals surface area contributed by atoms with Gasteiger partial charge in [0, 0.05) is 23.7 Å². The Morgan fingerprint density at radius 2 is 1.78 bits per heavy atom. The first-order chi connectivity index (χ1) is 18.0. The molecule has 0 atom stereocenters. The van der Waals surface area contributed by atoms with Crippen LogP contribution in [0.4, 0.5) is 5.69 Å². The van der Waals surface area contributed by atoms with Gasteiger partial charge in [-0.2, -0.15) is 4.37 Å². The number of aryl methyl sites for hydroxylation is 2. The van der Waals surface area contributed by atoms with Gasteiger partial charge in [-0.05, 0) is 105 Å². The van der Waals surface area contributed by atoms with E-state index in [0.29, 0.717) is 17.7 Å². The normalized spacial score (nSPS) is 20.5. The van der Waals surface area contributed by atoms with Crippen molar-refractivity contribution in [2.45, 2.75) is 77.6 Å². The van der Waals surface area contributed by atoms with Crippen LogP contribution in [0.15, 0.2) is 42.5 Å². The third kappa shape index (κ3) is 6.06. The molecule has 0 bridgehead atoms. The molecular formula is C31H39N3O2S. The molecule has 0 N–H and O–H groups in total. The first-order valence-corrected chi connectivity index (χ1v) is 14.7. The van der Waals surface area contributed by atoms with Gasteiger partial charge >= 0.3 is 0 Å².